The largest absolute Gasteiger partial charge is 0.374 e. The molecular formula is C17H29ClN2. The van der Waals surface area contributed by atoms with Crippen molar-refractivity contribution in [3.8, 4) is 0 Å². The lowest BCUT2D eigenvalue weighted by atomic mass is 10.1. The molecule has 2 nitrogen and oxygen atoms in total. The van der Waals surface area contributed by atoms with Crippen LogP contribution in [0, 0.1) is 0 Å². The molecule has 0 aliphatic carbocycles. The van der Waals surface area contributed by atoms with E-state index in [4.69, 9.17) is 11.6 Å². The molecule has 0 aromatic heterocycles. The average molecular weight is 297 g/mol. The number of nitrogens with zero attached hydrogens (tertiary/aromatic N) is 1. The molecule has 3 heteroatoms. The standard InChI is InChI=1S/C17H29ClN2/c1-6-7-8-11-20(5)16-10-9-15(18)12-14(16)13-19-17(2,3)4/h9-10,12,19H,6-8,11,13H2,1-5H3. The summed E-state index contributed by atoms with van der Waals surface area (Å²) in [6.45, 7) is 10.7. The van der Waals surface area contributed by atoms with E-state index in [0.29, 0.717) is 0 Å². The number of benzene rings is 1. The van der Waals surface area contributed by atoms with E-state index in [-0.39, 0.29) is 5.54 Å². The topological polar surface area (TPSA) is 15.3 Å². The van der Waals surface area contributed by atoms with Gasteiger partial charge in [-0.15, -0.1) is 0 Å². The number of unbranched alkanes of at least 4 members (excludes halogenated alkanes) is 2. The van der Waals surface area contributed by atoms with E-state index in [1.165, 1.54) is 30.5 Å². The fourth-order valence-electron chi connectivity index (χ4n) is 2.15. The molecule has 1 rings (SSSR count). The average Bonchev–Trinajstić information content (AvgIpc) is 2.35. The van der Waals surface area contributed by atoms with E-state index in [0.717, 1.165) is 18.1 Å². The summed E-state index contributed by atoms with van der Waals surface area (Å²) in [5, 5.41) is 4.35. The van der Waals surface area contributed by atoms with Crippen LogP contribution in [0.25, 0.3) is 0 Å². The zero-order valence-electron chi connectivity index (χ0n) is 13.6. The van der Waals surface area contributed by atoms with Gasteiger partial charge in [-0.05, 0) is 51.0 Å². The maximum atomic E-state index is 6.15. The summed E-state index contributed by atoms with van der Waals surface area (Å²) in [6.07, 6.45) is 3.78. The summed E-state index contributed by atoms with van der Waals surface area (Å²) in [4.78, 5) is 2.34. The molecule has 0 aliphatic heterocycles. The number of nitrogens with one attached hydrogen (secondary N) is 1. The Morgan fingerprint density at radius 1 is 1.20 bits per heavy atom. The fraction of sp³-hybridized carbons (Fsp3) is 0.647. The summed E-state index contributed by atoms with van der Waals surface area (Å²) in [5.74, 6) is 0. The van der Waals surface area contributed by atoms with Crippen LogP contribution in [0.1, 0.15) is 52.5 Å². The SMILES string of the molecule is CCCCCN(C)c1ccc(Cl)cc1CNC(C)(C)C. The van der Waals surface area contributed by atoms with Crippen LogP contribution in [0.15, 0.2) is 18.2 Å². The molecule has 114 valence electrons. The van der Waals surface area contributed by atoms with Crippen molar-refractivity contribution in [1.29, 1.82) is 0 Å². The second-order valence-corrected chi connectivity index (χ2v) is 6.94. The normalized spacial score (nSPS) is 11.7. The Kier molecular flexibility index (Phi) is 6.84. The minimum atomic E-state index is 0.111. The van der Waals surface area contributed by atoms with Gasteiger partial charge in [-0.25, -0.2) is 0 Å². The number of anilines is 1. The smallest absolute Gasteiger partial charge is 0.0410 e. The lowest BCUT2D eigenvalue weighted by Crippen LogP contribution is -2.35. The quantitative estimate of drug-likeness (QED) is 0.723. The van der Waals surface area contributed by atoms with Crippen molar-refractivity contribution in [3.05, 3.63) is 28.8 Å². The molecular weight excluding hydrogens is 268 g/mol. The Balaban J connectivity index is 2.78. The summed E-state index contributed by atoms with van der Waals surface area (Å²) in [7, 11) is 2.17. The summed E-state index contributed by atoms with van der Waals surface area (Å²) in [5.41, 5.74) is 2.66. The highest BCUT2D eigenvalue weighted by Crippen LogP contribution is 2.24. The van der Waals surface area contributed by atoms with Crippen LogP contribution in [0.4, 0.5) is 5.69 Å². The maximum Gasteiger partial charge on any atom is 0.0410 e. The molecule has 0 spiro atoms. The highest BCUT2D eigenvalue weighted by molar-refractivity contribution is 6.30. The second-order valence-electron chi connectivity index (χ2n) is 6.51. The molecule has 1 aromatic rings. The number of halogens is 1. The molecule has 1 N–H and O–H groups in total. The van der Waals surface area contributed by atoms with Gasteiger partial charge in [0.25, 0.3) is 0 Å². The Morgan fingerprint density at radius 2 is 1.90 bits per heavy atom. The first kappa shape index (κ1) is 17.3. The molecule has 0 amide bonds. The van der Waals surface area contributed by atoms with Gasteiger partial charge in [-0.1, -0.05) is 31.4 Å². The third-order valence-corrected chi connectivity index (χ3v) is 3.59. The Bertz CT molecular complexity index is 410. The molecule has 0 saturated heterocycles. The van der Waals surface area contributed by atoms with Crippen LogP contribution < -0.4 is 10.2 Å². The van der Waals surface area contributed by atoms with E-state index in [2.05, 4.69) is 57.1 Å². The third-order valence-electron chi connectivity index (χ3n) is 3.36. The predicted octanol–water partition coefficient (Wildman–Crippen LogP) is 4.85. The number of rotatable bonds is 7. The van der Waals surface area contributed by atoms with Gasteiger partial charge in [0, 0.05) is 36.4 Å². The summed E-state index contributed by atoms with van der Waals surface area (Å²) < 4.78 is 0. The zero-order chi connectivity index (χ0) is 15.2. The van der Waals surface area contributed by atoms with Gasteiger partial charge < -0.3 is 10.2 Å². The van der Waals surface area contributed by atoms with Gasteiger partial charge in [0.1, 0.15) is 0 Å². The van der Waals surface area contributed by atoms with Crippen LogP contribution in [-0.2, 0) is 6.54 Å². The Morgan fingerprint density at radius 3 is 2.50 bits per heavy atom. The van der Waals surface area contributed by atoms with Gasteiger partial charge in [0.15, 0.2) is 0 Å². The van der Waals surface area contributed by atoms with E-state index >= 15 is 0 Å². The molecule has 0 aliphatic rings. The van der Waals surface area contributed by atoms with Crippen molar-refractivity contribution in [3.63, 3.8) is 0 Å². The third kappa shape index (κ3) is 6.15. The molecule has 1 aromatic carbocycles. The van der Waals surface area contributed by atoms with Crippen molar-refractivity contribution in [2.75, 3.05) is 18.5 Å². The second kappa shape index (κ2) is 7.90. The first-order valence-corrected chi connectivity index (χ1v) is 7.96. The van der Waals surface area contributed by atoms with Crippen molar-refractivity contribution in [2.24, 2.45) is 0 Å². The van der Waals surface area contributed by atoms with Crippen LogP contribution >= 0.6 is 11.6 Å². The van der Waals surface area contributed by atoms with E-state index in [9.17, 15) is 0 Å². The molecule has 0 fully saturated rings. The van der Waals surface area contributed by atoms with Crippen molar-refractivity contribution in [1.82, 2.24) is 5.32 Å². The molecule has 0 saturated carbocycles. The fourth-order valence-corrected chi connectivity index (χ4v) is 2.34. The van der Waals surface area contributed by atoms with E-state index < -0.39 is 0 Å². The molecule has 20 heavy (non-hydrogen) atoms. The van der Waals surface area contributed by atoms with Crippen LogP contribution in [0.3, 0.4) is 0 Å². The maximum absolute atomic E-state index is 6.15. The van der Waals surface area contributed by atoms with Gasteiger partial charge in [0.05, 0.1) is 0 Å². The lowest BCUT2D eigenvalue weighted by molar-refractivity contribution is 0.424. The Hall–Kier alpha value is -0.730. The summed E-state index contributed by atoms with van der Waals surface area (Å²) >= 11 is 6.15. The van der Waals surface area contributed by atoms with E-state index in [1.807, 2.05) is 6.07 Å². The lowest BCUT2D eigenvalue weighted by Gasteiger charge is -2.26. The minimum absolute atomic E-state index is 0.111. The first-order valence-electron chi connectivity index (χ1n) is 7.58. The number of hydrogen-bond donors (Lipinski definition) is 1. The van der Waals surface area contributed by atoms with Crippen LogP contribution in [0.2, 0.25) is 5.02 Å². The van der Waals surface area contributed by atoms with Crippen LogP contribution in [-0.4, -0.2) is 19.1 Å². The number of hydrogen-bond acceptors (Lipinski definition) is 2. The highest BCUT2D eigenvalue weighted by Gasteiger charge is 2.12. The van der Waals surface area contributed by atoms with Crippen molar-refractivity contribution in [2.45, 2.75) is 59.0 Å². The molecule has 0 heterocycles. The van der Waals surface area contributed by atoms with Gasteiger partial charge in [-0.2, -0.15) is 0 Å². The van der Waals surface area contributed by atoms with Crippen LogP contribution in [0.5, 0.6) is 0 Å². The predicted molar refractivity (Wildman–Crippen MR) is 90.8 cm³/mol. The molecule has 0 unspecified atom stereocenters. The molecule has 0 atom stereocenters. The van der Waals surface area contributed by atoms with Crippen molar-refractivity contribution < 1.29 is 0 Å². The molecule has 0 radical (unpaired) electrons. The highest BCUT2D eigenvalue weighted by atomic mass is 35.5. The first-order chi connectivity index (χ1) is 9.33. The minimum Gasteiger partial charge on any atom is -0.374 e. The summed E-state index contributed by atoms with van der Waals surface area (Å²) in [6, 6.07) is 6.19. The van der Waals surface area contributed by atoms with Gasteiger partial charge in [0.2, 0.25) is 0 Å². The van der Waals surface area contributed by atoms with E-state index in [1.54, 1.807) is 0 Å². The molecule has 0 bridgehead atoms. The van der Waals surface area contributed by atoms with Gasteiger partial charge >= 0.3 is 0 Å². The Labute approximate surface area is 129 Å². The van der Waals surface area contributed by atoms with Gasteiger partial charge in [-0.3, -0.25) is 0 Å². The monoisotopic (exact) mass is 296 g/mol. The zero-order valence-corrected chi connectivity index (χ0v) is 14.3. The van der Waals surface area contributed by atoms with Crippen molar-refractivity contribution >= 4 is 17.3 Å².